The molecule has 1 aromatic heterocycles. The second-order valence-corrected chi connectivity index (χ2v) is 5.90. The smallest absolute Gasteiger partial charge is 0.225 e. The lowest BCUT2D eigenvalue weighted by Gasteiger charge is -2.34. The summed E-state index contributed by atoms with van der Waals surface area (Å²) in [6, 6.07) is 2.53. The van der Waals surface area contributed by atoms with Crippen LogP contribution in [-0.4, -0.2) is 23.1 Å². The van der Waals surface area contributed by atoms with Crippen molar-refractivity contribution in [2.75, 3.05) is 11.9 Å². The maximum atomic E-state index is 5.89. The lowest BCUT2D eigenvalue weighted by Crippen LogP contribution is -2.36. The monoisotopic (exact) mass is 281 g/mol. The maximum absolute atomic E-state index is 5.89. The van der Waals surface area contributed by atoms with Gasteiger partial charge in [0.2, 0.25) is 5.95 Å². The Balaban J connectivity index is 2.07. The summed E-state index contributed by atoms with van der Waals surface area (Å²) in [4.78, 5) is 11.3. The number of aryl methyl sites for hydroxylation is 1. The highest BCUT2D eigenvalue weighted by Crippen LogP contribution is 2.30. The minimum absolute atomic E-state index is 0.451. The first-order chi connectivity index (χ1) is 9.13. The largest absolute Gasteiger partial charge is 0.341 e. The number of nitrogens with zero attached hydrogens (tertiary/aromatic N) is 3. The first-order valence-electron chi connectivity index (χ1n) is 7.27. The molecular weight excluding hydrogens is 258 g/mol. The van der Waals surface area contributed by atoms with E-state index >= 15 is 0 Å². The number of rotatable bonds is 4. The first kappa shape index (κ1) is 14.6. The summed E-state index contributed by atoms with van der Waals surface area (Å²) in [5.41, 5.74) is 1.91. The summed E-state index contributed by atoms with van der Waals surface area (Å²) in [7, 11) is 2.11. The zero-order valence-electron chi connectivity index (χ0n) is 12.2. The summed E-state index contributed by atoms with van der Waals surface area (Å²) in [6.07, 6.45) is 6.48. The summed E-state index contributed by atoms with van der Waals surface area (Å²) >= 11 is 5.89. The maximum Gasteiger partial charge on any atom is 0.225 e. The van der Waals surface area contributed by atoms with Gasteiger partial charge in [-0.15, -0.1) is 11.6 Å². The third kappa shape index (κ3) is 3.59. The Kier molecular flexibility index (Phi) is 5.03. The lowest BCUT2D eigenvalue weighted by molar-refractivity contribution is 0.312. The molecule has 0 radical (unpaired) electrons. The summed E-state index contributed by atoms with van der Waals surface area (Å²) in [5.74, 6) is 2.20. The summed E-state index contributed by atoms with van der Waals surface area (Å²) in [6.45, 7) is 4.30. The molecule has 4 heteroatoms. The minimum Gasteiger partial charge on any atom is -0.341 e. The number of hydrogen-bond donors (Lipinski definition) is 0. The van der Waals surface area contributed by atoms with Crippen molar-refractivity contribution >= 4 is 17.5 Å². The highest BCUT2D eigenvalue weighted by atomic mass is 35.5. The van der Waals surface area contributed by atoms with Crippen molar-refractivity contribution in [3.8, 4) is 0 Å². The van der Waals surface area contributed by atoms with Crippen LogP contribution in [0.5, 0.6) is 0 Å². The van der Waals surface area contributed by atoms with Gasteiger partial charge >= 0.3 is 0 Å². The highest BCUT2D eigenvalue weighted by molar-refractivity contribution is 6.16. The van der Waals surface area contributed by atoms with Gasteiger partial charge in [0.25, 0.3) is 0 Å². The van der Waals surface area contributed by atoms with E-state index in [9.17, 15) is 0 Å². The summed E-state index contributed by atoms with van der Waals surface area (Å²) in [5, 5.41) is 0. The van der Waals surface area contributed by atoms with E-state index < -0.39 is 0 Å². The zero-order valence-corrected chi connectivity index (χ0v) is 13.0. The van der Waals surface area contributed by atoms with E-state index in [0.29, 0.717) is 11.9 Å². The van der Waals surface area contributed by atoms with Crippen LogP contribution in [0.25, 0.3) is 0 Å². The van der Waals surface area contributed by atoms with Crippen molar-refractivity contribution in [3.63, 3.8) is 0 Å². The van der Waals surface area contributed by atoms with Gasteiger partial charge in [0.05, 0.1) is 11.6 Å². The Morgan fingerprint density at radius 1 is 1.26 bits per heavy atom. The van der Waals surface area contributed by atoms with Crippen molar-refractivity contribution < 1.29 is 0 Å². The Hall–Kier alpha value is -0.830. The predicted molar refractivity (Wildman–Crippen MR) is 80.8 cm³/mol. The fourth-order valence-corrected chi connectivity index (χ4v) is 3.08. The lowest BCUT2D eigenvalue weighted by atomic mass is 9.84. The van der Waals surface area contributed by atoms with Gasteiger partial charge in [-0.2, -0.15) is 0 Å². The van der Waals surface area contributed by atoms with Gasteiger partial charge in [-0.3, -0.25) is 0 Å². The van der Waals surface area contributed by atoms with Gasteiger partial charge in [0, 0.05) is 18.8 Å². The molecule has 1 aromatic rings. The Morgan fingerprint density at radius 3 is 2.53 bits per heavy atom. The van der Waals surface area contributed by atoms with Crippen molar-refractivity contribution in [3.05, 3.63) is 17.5 Å². The van der Waals surface area contributed by atoms with Gasteiger partial charge < -0.3 is 4.90 Å². The van der Waals surface area contributed by atoms with E-state index in [1.807, 2.05) is 13.0 Å². The van der Waals surface area contributed by atoms with E-state index in [4.69, 9.17) is 11.6 Å². The molecule has 106 valence electrons. The van der Waals surface area contributed by atoms with Crippen molar-refractivity contribution in [1.29, 1.82) is 0 Å². The number of aromatic nitrogens is 2. The number of halogens is 1. The van der Waals surface area contributed by atoms with E-state index in [0.717, 1.165) is 23.3 Å². The molecule has 0 amide bonds. The molecule has 0 aliphatic heterocycles. The highest BCUT2D eigenvalue weighted by Gasteiger charge is 2.24. The van der Waals surface area contributed by atoms with Gasteiger partial charge in [-0.1, -0.05) is 13.3 Å². The van der Waals surface area contributed by atoms with Crippen LogP contribution in [0.15, 0.2) is 6.07 Å². The molecular formula is C15H24ClN3. The molecule has 1 aliphatic carbocycles. The minimum atomic E-state index is 0.451. The third-order valence-electron chi connectivity index (χ3n) is 4.29. The van der Waals surface area contributed by atoms with Crippen LogP contribution in [0.2, 0.25) is 0 Å². The van der Waals surface area contributed by atoms with Gasteiger partial charge in [-0.25, -0.2) is 9.97 Å². The van der Waals surface area contributed by atoms with Crippen LogP contribution in [0.1, 0.15) is 50.4 Å². The zero-order chi connectivity index (χ0) is 13.8. The molecule has 1 saturated carbocycles. The molecule has 0 bridgehead atoms. The van der Waals surface area contributed by atoms with E-state index in [2.05, 4.69) is 28.8 Å². The quantitative estimate of drug-likeness (QED) is 0.783. The number of anilines is 1. The molecule has 0 unspecified atom stereocenters. The van der Waals surface area contributed by atoms with Crippen LogP contribution in [0.3, 0.4) is 0 Å². The third-order valence-corrected chi connectivity index (χ3v) is 4.56. The average Bonchev–Trinajstić information content (AvgIpc) is 2.46. The summed E-state index contributed by atoms with van der Waals surface area (Å²) < 4.78 is 0. The number of alkyl halides is 1. The normalized spacial score (nSPS) is 23.4. The van der Waals surface area contributed by atoms with Crippen molar-refractivity contribution in [2.45, 2.75) is 57.9 Å². The van der Waals surface area contributed by atoms with Crippen LogP contribution in [-0.2, 0) is 5.88 Å². The van der Waals surface area contributed by atoms with Gasteiger partial charge in [0.15, 0.2) is 0 Å². The molecule has 0 spiro atoms. The van der Waals surface area contributed by atoms with Gasteiger partial charge in [-0.05, 0) is 44.6 Å². The standard InChI is InChI=1S/C15H24ClN3/c1-4-12-5-7-14(8-6-12)19(3)15-17-11(2)9-13(10-16)18-15/h9,12,14H,4-8,10H2,1-3H3. The molecule has 0 saturated heterocycles. The second kappa shape index (κ2) is 6.56. The Labute approximate surface area is 121 Å². The Bertz CT molecular complexity index is 414. The fourth-order valence-electron chi connectivity index (χ4n) is 2.95. The fraction of sp³-hybridized carbons (Fsp3) is 0.733. The molecule has 0 aromatic carbocycles. The van der Waals surface area contributed by atoms with Gasteiger partial charge in [0.1, 0.15) is 0 Å². The molecule has 1 heterocycles. The van der Waals surface area contributed by atoms with Crippen molar-refractivity contribution in [2.24, 2.45) is 5.92 Å². The van der Waals surface area contributed by atoms with Crippen LogP contribution < -0.4 is 4.90 Å². The molecule has 1 fully saturated rings. The van der Waals surface area contributed by atoms with Crippen LogP contribution in [0, 0.1) is 12.8 Å². The van der Waals surface area contributed by atoms with E-state index in [1.165, 1.54) is 32.1 Å². The van der Waals surface area contributed by atoms with Crippen LogP contribution >= 0.6 is 11.6 Å². The predicted octanol–water partition coefficient (Wildman–Crippen LogP) is 3.93. The van der Waals surface area contributed by atoms with E-state index in [-0.39, 0.29) is 0 Å². The Morgan fingerprint density at radius 2 is 1.95 bits per heavy atom. The molecule has 19 heavy (non-hydrogen) atoms. The van der Waals surface area contributed by atoms with Crippen molar-refractivity contribution in [1.82, 2.24) is 9.97 Å². The topological polar surface area (TPSA) is 29.0 Å². The SMILES string of the molecule is CCC1CCC(N(C)c2nc(C)cc(CCl)n2)CC1. The molecule has 0 N–H and O–H groups in total. The van der Waals surface area contributed by atoms with Crippen LogP contribution in [0.4, 0.5) is 5.95 Å². The second-order valence-electron chi connectivity index (χ2n) is 5.63. The number of hydrogen-bond acceptors (Lipinski definition) is 3. The molecule has 1 aliphatic rings. The first-order valence-corrected chi connectivity index (χ1v) is 7.80. The average molecular weight is 282 g/mol. The molecule has 2 rings (SSSR count). The molecule has 0 atom stereocenters. The van der Waals surface area contributed by atoms with E-state index in [1.54, 1.807) is 0 Å². The molecule has 3 nitrogen and oxygen atoms in total.